The lowest BCUT2D eigenvalue weighted by Gasteiger charge is -2.16. The third kappa shape index (κ3) is 4.03. The molecule has 0 saturated carbocycles. The van der Waals surface area contributed by atoms with Gasteiger partial charge in [0.05, 0.1) is 3.39 Å². The summed E-state index contributed by atoms with van der Waals surface area (Å²) in [5.41, 5.74) is 0. The van der Waals surface area contributed by atoms with Crippen molar-refractivity contribution in [2.24, 2.45) is 0 Å². The van der Waals surface area contributed by atoms with E-state index in [2.05, 4.69) is 95.6 Å². The van der Waals surface area contributed by atoms with Crippen molar-refractivity contribution in [1.82, 2.24) is 0 Å². The first-order valence-electron chi connectivity index (χ1n) is 2.07. The Labute approximate surface area is 110 Å². The van der Waals surface area contributed by atoms with Gasteiger partial charge in [0.1, 0.15) is 3.23 Å². The van der Waals surface area contributed by atoms with Crippen molar-refractivity contribution in [2.45, 2.75) is 3.23 Å². The molecule has 0 aromatic rings. The van der Waals surface area contributed by atoms with Gasteiger partial charge in [0.15, 0.2) is 0 Å². The number of alkyl halides is 3. The van der Waals surface area contributed by atoms with E-state index in [1.165, 1.54) is 0 Å². The summed E-state index contributed by atoms with van der Waals surface area (Å²) in [6, 6.07) is 0. The van der Waals surface area contributed by atoms with Gasteiger partial charge in [-0.25, -0.2) is 0 Å². The summed E-state index contributed by atoms with van der Waals surface area (Å²) in [7, 11) is 0. The molecule has 0 nitrogen and oxygen atoms in total. The first-order chi connectivity index (χ1) is 4.41. The van der Waals surface area contributed by atoms with E-state index in [1.807, 2.05) is 0 Å². The minimum atomic E-state index is -0.234. The Hall–Kier alpha value is 2.62. The largest absolute Gasteiger partial charge is 0.123 e. The number of allylic oxidation sites excluding steroid dienone is 1. The zero-order valence-corrected chi connectivity index (χ0v) is 14.0. The Morgan fingerprint density at radius 3 is 1.60 bits per heavy atom. The van der Waals surface area contributed by atoms with E-state index in [0.29, 0.717) is 0 Å². The lowest BCUT2D eigenvalue weighted by Crippen LogP contribution is -2.12. The molecule has 6 heteroatoms. The number of hydrogen-bond acceptors (Lipinski definition) is 0. The van der Waals surface area contributed by atoms with Crippen LogP contribution in [0.5, 0.6) is 0 Å². The molecule has 0 rings (SSSR count). The average Bonchev–Trinajstić information content (AvgIpc) is 1.86. The van der Waals surface area contributed by atoms with E-state index in [-0.39, 0.29) is 3.23 Å². The molecule has 0 aliphatic carbocycles. The van der Waals surface area contributed by atoms with Crippen LogP contribution in [0.2, 0.25) is 0 Å². The summed E-state index contributed by atoms with van der Waals surface area (Å²) in [6.45, 7) is 0. The minimum Gasteiger partial charge on any atom is -0.0900 e. The van der Waals surface area contributed by atoms with Gasteiger partial charge in [-0.1, -0.05) is 63.7 Å². The zero-order valence-electron chi connectivity index (χ0n) is 4.47. The van der Waals surface area contributed by atoms with Gasteiger partial charge in [-0.15, -0.1) is 0 Å². The minimum absolute atomic E-state index is 0.234. The summed E-state index contributed by atoms with van der Waals surface area (Å²) in [4.78, 5) is 0. The summed E-state index contributed by atoms with van der Waals surface area (Å²) in [5.74, 6) is 0. The second-order valence-electron chi connectivity index (χ2n) is 1.41. The van der Waals surface area contributed by atoms with Crippen molar-refractivity contribution in [3.05, 3.63) is 7.87 Å². The van der Waals surface area contributed by atoms with Gasteiger partial charge in [0.2, 0.25) is 0 Å². The Bertz CT molecular complexity index is 144. The molecule has 0 heterocycles. The van der Waals surface area contributed by atoms with Crippen molar-refractivity contribution < 1.29 is 0 Å². The Kier molecular flexibility index (Phi) is 6.78. The van der Waals surface area contributed by atoms with E-state index in [1.54, 1.807) is 0 Å². The Balaban J connectivity index is 4.49. The fourth-order valence-corrected chi connectivity index (χ4v) is 3.13. The van der Waals surface area contributed by atoms with Crippen molar-refractivity contribution >= 4 is 95.6 Å². The molecule has 0 aromatic carbocycles. The monoisotopic (exact) mass is 524 g/mol. The maximum Gasteiger partial charge on any atom is 0.123 e. The van der Waals surface area contributed by atoms with Gasteiger partial charge in [-0.3, -0.25) is 0 Å². The van der Waals surface area contributed by atoms with Crippen LogP contribution in [0.3, 0.4) is 0 Å². The molecular weight excluding hydrogens is 527 g/mol. The predicted molar refractivity (Wildman–Crippen MR) is 68.2 cm³/mol. The highest BCUT2D eigenvalue weighted by Crippen LogP contribution is 2.43. The van der Waals surface area contributed by atoms with Crippen LogP contribution < -0.4 is 0 Å². The summed E-state index contributed by atoms with van der Waals surface area (Å²) >= 11 is 20.2. The highest BCUT2D eigenvalue weighted by molar-refractivity contribution is 9.30. The second-order valence-corrected chi connectivity index (χ2v) is 9.19. The van der Waals surface area contributed by atoms with E-state index < -0.39 is 0 Å². The lowest BCUT2D eigenvalue weighted by molar-refractivity contribution is 1.23. The van der Waals surface area contributed by atoms with E-state index in [0.717, 1.165) is 13.2 Å². The first-order valence-corrected chi connectivity index (χ1v) is 7.15. The van der Waals surface area contributed by atoms with Gasteiger partial charge < -0.3 is 0 Å². The molecule has 0 amide bonds. The van der Waals surface area contributed by atoms with Gasteiger partial charge in [-0.2, -0.15) is 0 Å². The third-order valence-electron chi connectivity index (χ3n) is 0.655. The molecule has 10 heavy (non-hydrogen) atoms. The highest BCUT2D eigenvalue weighted by atomic mass is 79.9. The molecule has 0 aliphatic rings. The summed E-state index contributed by atoms with van der Waals surface area (Å²) in [6.07, 6.45) is 0. The van der Waals surface area contributed by atoms with Gasteiger partial charge in [0, 0.05) is 9.81 Å². The summed E-state index contributed by atoms with van der Waals surface area (Å²) < 4.78 is 1.62. The van der Waals surface area contributed by atoms with Crippen LogP contribution in [0.25, 0.3) is 0 Å². The van der Waals surface area contributed by atoms with E-state index in [9.17, 15) is 0 Å². The third-order valence-corrected chi connectivity index (χ3v) is 8.35. The lowest BCUT2D eigenvalue weighted by atomic mass is 10.5. The Morgan fingerprint density at radius 2 is 1.50 bits per heavy atom. The van der Waals surface area contributed by atoms with Crippen molar-refractivity contribution in [2.75, 3.05) is 5.33 Å². The van der Waals surface area contributed by atoms with Crippen LogP contribution in [-0.2, 0) is 0 Å². The molecule has 0 spiro atoms. The number of rotatable bonds is 2. The Morgan fingerprint density at radius 1 is 1.10 bits per heavy atom. The highest BCUT2D eigenvalue weighted by Gasteiger charge is 2.26. The molecule has 0 atom stereocenters. The molecular formula is C4H2Br6. The van der Waals surface area contributed by atoms with Crippen molar-refractivity contribution in [3.8, 4) is 0 Å². The molecule has 0 bridgehead atoms. The smallest absolute Gasteiger partial charge is 0.0900 e. The first kappa shape index (κ1) is 12.6. The van der Waals surface area contributed by atoms with E-state index in [4.69, 9.17) is 0 Å². The fraction of sp³-hybridized carbons (Fsp3) is 0.500. The van der Waals surface area contributed by atoms with Gasteiger partial charge in [0.25, 0.3) is 0 Å². The van der Waals surface area contributed by atoms with Gasteiger partial charge >= 0.3 is 0 Å². The van der Waals surface area contributed by atoms with Crippen LogP contribution in [0.4, 0.5) is 0 Å². The predicted octanol–water partition coefficient (Wildman–Crippen LogP) is 5.22. The maximum atomic E-state index is 3.45. The molecule has 0 N–H and O–H groups in total. The molecule has 0 unspecified atom stereocenters. The number of hydrogen-bond donors (Lipinski definition) is 0. The number of halogens is 6. The summed E-state index contributed by atoms with van der Waals surface area (Å²) in [5, 5.41) is 0.765. The SMILES string of the molecule is BrCC(Br)(Br)C(Br)=C(Br)Br. The molecule has 0 radical (unpaired) electrons. The molecule has 0 aromatic heterocycles. The molecule has 0 saturated heterocycles. The standard InChI is InChI=1S/C4H2Br6/c5-1-4(9,10)2(6)3(7)8/h1H2. The fourth-order valence-electron chi connectivity index (χ4n) is 0.197. The molecule has 60 valence electrons. The molecule has 0 fully saturated rings. The van der Waals surface area contributed by atoms with Crippen molar-refractivity contribution in [1.29, 1.82) is 0 Å². The van der Waals surface area contributed by atoms with Gasteiger partial charge in [-0.05, 0) is 31.9 Å². The average molecular weight is 529 g/mol. The van der Waals surface area contributed by atoms with Crippen molar-refractivity contribution in [3.63, 3.8) is 0 Å². The maximum absolute atomic E-state index is 3.45. The van der Waals surface area contributed by atoms with Crippen LogP contribution in [-0.4, -0.2) is 8.56 Å². The normalized spacial score (nSPS) is 11.4. The van der Waals surface area contributed by atoms with Crippen LogP contribution in [0.15, 0.2) is 7.87 Å². The zero-order chi connectivity index (χ0) is 8.36. The molecule has 0 aliphatic heterocycles. The van der Waals surface area contributed by atoms with Crippen LogP contribution in [0.1, 0.15) is 0 Å². The topological polar surface area (TPSA) is 0 Å². The van der Waals surface area contributed by atoms with Crippen LogP contribution >= 0.6 is 95.6 Å². The van der Waals surface area contributed by atoms with E-state index >= 15 is 0 Å². The van der Waals surface area contributed by atoms with Crippen LogP contribution in [0, 0.1) is 0 Å². The second kappa shape index (κ2) is 5.37. The quantitative estimate of drug-likeness (QED) is 0.431.